The summed E-state index contributed by atoms with van der Waals surface area (Å²) in [6.45, 7) is 1.70. The zero-order chi connectivity index (χ0) is 16.3. The highest BCUT2D eigenvalue weighted by Crippen LogP contribution is 2.16. The molecule has 9 heteroatoms. The van der Waals surface area contributed by atoms with Crippen molar-refractivity contribution < 1.29 is 9.72 Å². The van der Waals surface area contributed by atoms with Crippen LogP contribution >= 0.6 is 11.6 Å². The quantitative estimate of drug-likeness (QED) is 0.529. The minimum absolute atomic E-state index is 0.169. The van der Waals surface area contributed by atoms with Gasteiger partial charge in [0.1, 0.15) is 6.20 Å². The van der Waals surface area contributed by atoms with E-state index in [2.05, 4.69) is 15.6 Å². The largest absolute Gasteiger partial charge is 0.320 e. The number of hydrogen-bond acceptors (Lipinski definition) is 5. The summed E-state index contributed by atoms with van der Waals surface area (Å²) in [4.78, 5) is 22.2. The van der Waals surface area contributed by atoms with E-state index in [0.29, 0.717) is 10.7 Å². The molecule has 1 aromatic carbocycles. The second kappa shape index (κ2) is 6.35. The molecule has 1 N–H and O–H groups in total. The Kier molecular flexibility index (Phi) is 4.52. The third-order valence-electron chi connectivity index (χ3n) is 2.92. The van der Waals surface area contributed by atoms with Crippen LogP contribution in [0.5, 0.6) is 0 Å². The number of nitro groups is 1. The van der Waals surface area contributed by atoms with Crippen molar-refractivity contribution in [2.45, 2.75) is 6.92 Å². The van der Waals surface area contributed by atoms with Crippen molar-refractivity contribution in [3.63, 3.8) is 0 Å². The lowest BCUT2D eigenvalue weighted by atomic mass is 10.1. The van der Waals surface area contributed by atoms with Crippen molar-refractivity contribution in [2.24, 2.45) is 12.1 Å². The van der Waals surface area contributed by atoms with E-state index in [1.165, 1.54) is 7.05 Å². The van der Waals surface area contributed by atoms with Gasteiger partial charge in [-0.3, -0.25) is 19.6 Å². The third kappa shape index (κ3) is 3.29. The Labute approximate surface area is 130 Å². The van der Waals surface area contributed by atoms with Crippen LogP contribution in [0.4, 0.5) is 5.69 Å². The van der Waals surface area contributed by atoms with E-state index in [0.717, 1.165) is 16.4 Å². The topological polar surface area (TPSA) is 102 Å². The molecule has 22 heavy (non-hydrogen) atoms. The Hall–Kier alpha value is -2.74. The van der Waals surface area contributed by atoms with Crippen molar-refractivity contribution in [2.75, 3.05) is 0 Å². The number of nitrogens with zero attached hydrogens (tertiary/aromatic N) is 4. The minimum atomic E-state index is -0.708. The standard InChI is InChI=1S/C13H12ClN5O3/c1-8(9-3-5-10(14)6-4-9)16-17-13(20)12-11(19(21)22)7-15-18(12)2/h3-7H,1-2H3,(H,17,20). The number of carbonyl (C=O) groups is 1. The Balaban J connectivity index is 2.19. The van der Waals surface area contributed by atoms with Crippen molar-refractivity contribution in [1.82, 2.24) is 15.2 Å². The van der Waals surface area contributed by atoms with E-state index >= 15 is 0 Å². The fourth-order valence-electron chi connectivity index (χ4n) is 1.77. The molecule has 1 heterocycles. The first-order valence-electron chi connectivity index (χ1n) is 6.17. The van der Waals surface area contributed by atoms with Crippen LogP contribution in [-0.4, -0.2) is 26.3 Å². The summed E-state index contributed by atoms with van der Waals surface area (Å²) in [5, 5.41) is 19.1. The van der Waals surface area contributed by atoms with Gasteiger partial charge in [0, 0.05) is 12.1 Å². The lowest BCUT2D eigenvalue weighted by Gasteiger charge is -2.03. The number of nitrogens with one attached hydrogen (secondary N) is 1. The molecule has 0 aliphatic rings. The highest BCUT2D eigenvalue weighted by Gasteiger charge is 2.25. The molecule has 1 aromatic heterocycles. The summed E-state index contributed by atoms with van der Waals surface area (Å²) in [6, 6.07) is 6.90. The molecule has 0 fully saturated rings. The summed E-state index contributed by atoms with van der Waals surface area (Å²) in [5.41, 5.74) is 3.05. The molecule has 114 valence electrons. The maximum absolute atomic E-state index is 12.0. The Morgan fingerprint density at radius 3 is 2.64 bits per heavy atom. The second-order valence-electron chi connectivity index (χ2n) is 4.40. The van der Waals surface area contributed by atoms with E-state index in [-0.39, 0.29) is 11.4 Å². The van der Waals surface area contributed by atoms with Gasteiger partial charge in [0.2, 0.25) is 5.69 Å². The van der Waals surface area contributed by atoms with E-state index < -0.39 is 10.8 Å². The number of halogens is 1. The van der Waals surface area contributed by atoms with Gasteiger partial charge in [-0.1, -0.05) is 23.7 Å². The van der Waals surface area contributed by atoms with Crippen LogP contribution in [0, 0.1) is 10.1 Å². The smallest absolute Gasteiger partial charge is 0.265 e. The van der Waals surface area contributed by atoms with Crippen LogP contribution < -0.4 is 5.43 Å². The van der Waals surface area contributed by atoms with Gasteiger partial charge in [-0.05, 0) is 24.6 Å². The summed E-state index contributed by atoms with van der Waals surface area (Å²) in [5.74, 6) is -0.708. The number of amides is 1. The second-order valence-corrected chi connectivity index (χ2v) is 4.84. The van der Waals surface area contributed by atoms with Gasteiger partial charge in [0.25, 0.3) is 5.91 Å². The SMILES string of the molecule is CC(=NNC(=O)c1c([N+](=O)[O-])cnn1C)c1ccc(Cl)cc1. The first kappa shape index (κ1) is 15.6. The summed E-state index contributed by atoms with van der Waals surface area (Å²) >= 11 is 5.79. The van der Waals surface area contributed by atoms with E-state index in [4.69, 9.17) is 11.6 Å². The van der Waals surface area contributed by atoms with Gasteiger partial charge in [-0.15, -0.1) is 0 Å². The highest BCUT2D eigenvalue weighted by atomic mass is 35.5. The first-order chi connectivity index (χ1) is 10.4. The number of hydrogen-bond donors (Lipinski definition) is 1. The van der Waals surface area contributed by atoms with Gasteiger partial charge in [0.15, 0.2) is 0 Å². The van der Waals surface area contributed by atoms with Gasteiger partial charge < -0.3 is 0 Å². The van der Waals surface area contributed by atoms with Crippen LogP contribution in [0.3, 0.4) is 0 Å². The molecular formula is C13H12ClN5O3. The summed E-state index contributed by atoms with van der Waals surface area (Å²) in [6.07, 6.45) is 1.02. The molecule has 0 saturated carbocycles. The van der Waals surface area contributed by atoms with Crippen molar-refractivity contribution in [1.29, 1.82) is 0 Å². The summed E-state index contributed by atoms with van der Waals surface area (Å²) in [7, 11) is 1.44. The van der Waals surface area contributed by atoms with Gasteiger partial charge in [-0.2, -0.15) is 10.2 Å². The third-order valence-corrected chi connectivity index (χ3v) is 3.17. The van der Waals surface area contributed by atoms with E-state index in [9.17, 15) is 14.9 Å². The number of hydrazone groups is 1. The fraction of sp³-hybridized carbons (Fsp3) is 0.154. The lowest BCUT2D eigenvalue weighted by molar-refractivity contribution is -0.385. The molecule has 0 bridgehead atoms. The van der Waals surface area contributed by atoms with Crippen molar-refractivity contribution in [3.05, 3.63) is 56.9 Å². The fourth-order valence-corrected chi connectivity index (χ4v) is 1.89. The maximum Gasteiger partial charge on any atom is 0.320 e. The van der Waals surface area contributed by atoms with Crippen molar-refractivity contribution >= 4 is 28.9 Å². The molecule has 2 aromatic rings. The predicted octanol–water partition coefficient (Wildman–Crippen LogP) is 2.14. The summed E-state index contributed by atoms with van der Waals surface area (Å²) < 4.78 is 1.13. The number of benzene rings is 1. The molecule has 0 spiro atoms. The van der Waals surface area contributed by atoms with Gasteiger partial charge in [-0.25, -0.2) is 5.43 Å². The number of rotatable bonds is 4. The van der Waals surface area contributed by atoms with Gasteiger partial charge in [0.05, 0.1) is 10.6 Å². The maximum atomic E-state index is 12.0. The molecule has 2 rings (SSSR count). The average Bonchev–Trinajstić information content (AvgIpc) is 2.87. The molecule has 0 radical (unpaired) electrons. The van der Waals surface area contributed by atoms with Crippen LogP contribution in [0.1, 0.15) is 23.0 Å². The molecule has 0 unspecified atom stereocenters. The molecule has 0 atom stereocenters. The zero-order valence-corrected chi connectivity index (χ0v) is 12.5. The normalized spacial score (nSPS) is 11.3. The molecule has 0 aliphatic heterocycles. The van der Waals surface area contributed by atoms with E-state index in [1.54, 1.807) is 31.2 Å². The Bertz CT molecular complexity index is 752. The van der Waals surface area contributed by atoms with Crippen LogP contribution in [0.25, 0.3) is 0 Å². The zero-order valence-electron chi connectivity index (χ0n) is 11.8. The molecule has 0 aliphatic carbocycles. The number of aromatic nitrogens is 2. The first-order valence-corrected chi connectivity index (χ1v) is 6.55. The molecule has 8 nitrogen and oxygen atoms in total. The number of carbonyl (C=O) groups excluding carboxylic acids is 1. The van der Waals surface area contributed by atoms with Gasteiger partial charge >= 0.3 is 5.69 Å². The lowest BCUT2D eigenvalue weighted by Crippen LogP contribution is -2.23. The van der Waals surface area contributed by atoms with Crippen LogP contribution in [0.2, 0.25) is 5.02 Å². The highest BCUT2D eigenvalue weighted by molar-refractivity contribution is 6.30. The van der Waals surface area contributed by atoms with Crippen LogP contribution in [-0.2, 0) is 7.05 Å². The molecule has 1 amide bonds. The molecule has 0 saturated heterocycles. The number of aryl methyl sites for hydroxylation is 1. The minimum Gasteiger partial charge on any atom is -0.265 e. The Morgan fingerprint density at radius 1 is 1.41 bits per heavy atom. The average molecular weight is 322 g/mol. The van der Waals surface area contributed by atoms with Crippen LogP contribution in [0.15, 0.2) is 35.6 Å². The molecular weight excluding hydrogens is 310 g/mol. The van der Waals surface area contributed by atoms with Crippen molar-refractivity contribution in [3.8, 4) is 0 Å². The monoisotopic (exact) mass is 321 g/mol. The Morgan fingerprint density at radius 2 is 2.05 bits per heavy atom. The predicted molar refractivity (Wildman–Crippen MR) is 81.0 cm³/mol. The van der Waals surface area contributed by atoms with E-state index in [1.807, 2.05) is 0 Å².